The van der Waals surface area contributed by atoms with E-state index in [9.17, 15) is 9.18 Å². The minimum Gasteiger partial charge on any atom is -0.325 e. The van der Waals surface area contributed by atoms with Gasteiger partial charge in [-0.25, -0.2) is 9.37 Å². The third-order valence-electron chi connectivity index (χ3n) is 3.56. The Balaban J connectivity index is 2.12. The number of halogens is 1. The second-order valence-corrected chi connectivity index (χ2v) is 5.04. The summed E-state index contributed by atoms with van der Waals surface area (Å²) in [5.74, 6) is -0.679. The highest BCUT2D eigenvalue weighted by Crippen LogP contribution is 2.18. The molecule has 1 heterocycles. The Hall–Kier alpha value is -2.21. The van der Waals surface area contributed by atoms with Crippen LogP contribution in [0.1, 0.15) is 20.3 Å². The van der Waals surface area contributed by atoms with Crippen LogP contribution in [0.3, 0.4) is 0 Å². The molecule has 5 nitrogen and oxygen atoms in total. The summed E-state index contributed by atoms with van der Waals surface area (Å²) in [6.07, 6.45) is 5.54. The van der Waals surface area contributed by atoms with Gasteiger partial charge in [-0.15, -0.1) is 0 Å². The highest BCUT2D eigenvalue weighted by Gasteiger charge is 2.19. The summed E-state index contributed by atoms with van der Waals surface area (Å²) in [5.41, 5.74) is 6.61. The number of benzene rings is 1. The first-order valence-corrected chi connectivity index (χ1v) is 6.87. The number of aromatic nitrogens is 2. The zero-order chi connectivity index (χ0) is 15.4. The van der Waals surface area contributed by atoms with Crippen LogP contribution in [0.2, 0.25) is 0 Å². The van der Waals surface area contributed by atoms with Gasteiger partial charge in [-0.1, -0.05) is 20.3 Å². The fraction of sp³-hybridized carbons (Fsp3) is 0.333. The van der Waals surface area contributed by atoms with Crippen LogP contribution in [0.15, 0.2) is 36.9 Å². The van der Waals surface area contributed by atoms with E-state index in [2.05, 4.69) is 10.3 Å². The van der Waals surface area contributed by atoms with Crippen LogP contribution < -0.4 is 11.1 Å². The summed E-state index contributed by atoms with van der Waals surface area (Å²) in [7, 11) is 0. The number of carbonyl (C=O) groups is 1. The van der Waals surface area contributed by atoms with Gasteiger partial charge in [0.05, 0.1) is 18.1 Å². The second kappa shape index (κ2) is 6.49. The molecule has 0 saturated carbocycles. The fourth-order valence-corrected chi connectivity index (χ4v) is 1.93. The molecule has 2 unspecified atom stereocenters. The average Bonchev–Trinajstić information content (AvgIpc) is 2.99. The molecule has 2 atom stereocenters. The van der Waals surface area contributed by atoms with Gasteiger partial charge in [0.1, 0.15) is 5.82 Å². The Kier molecular flexibility index (Phi) is 4.70. The Morgan fingerprint density at radius 1 is 1.52 bits per heavy atom. The van der Waals surface area contributed by atoms with E-state index in [0.29, 0.717) is 11.4 Å². The molecule has 2 rings (SSSR count). The van der Waals surface area contributed by atoms with Crippen molar-refractivity contribution in [2.24, 2.45) is 11.7 Å². The number of nitrogens with zero attached hydrogens (tertiary/aromatic N) is 2. The van der Waals surface area contributed by atoms with Crippen molar-refractivity contribution in [3.63, 3.8) is 0 Å². The van der Waals surface area contributed by atoms with Crippen LogP contribution in [0.25, 0.3) is 5.69 Å². The number of nitrogens with one attached hydrogen (secondary N) is 1. The number of carbonyl (C=O) groups excluding carboxylic acids is 1. The molecule has 0 aliphatic carbocycles. The Labute approximate surface area is 123 Å². The number of anilines is 1. The molecule has 0 fully saturated rings. The van der Waals surface area contributed by atoms with Crippen LogP contribution in [0.5, 0.6) is 0 Å². The molecule has 0 aliphatic rings. The maximum Gasteiger partial charge on any atom is 0.241 e. The quantitative estimate of drug-likeness (QED) is 0.887. The lowest BCUT2D eigenvalue weighted by Gasteiger charge is -2.18. The van der Waals surface area contributed by atoms with Gasteiger partial charge in [-0.05, 0) is 24.1 Å². The zero-order valence-electron chi connectivity index (χ0n) is 12.1. The van der Waals surface area contributed by atoms with Crippen LogP contribution in [0.4, 0.5) is 10.1 Å². The van der Waals surface area contributed by atoms with Crippen LogP contribution >= 0.6 is 0 Å². The zero-order valence-corrected chi connectivity index (χ0v) is 12.1. The SMILES string of the molecule is CCC(C)C(N)C(=O)Nc1ccc(-n2ccnc2)c(F)c1. The second-order valence-electron chi connectivity index (χ2n) is 5.04. The molecule has 0 saturated heterocycles. The van der Waals surface area contributed by atoms with Gasteiger partial charge in [-0.3, -0.25) is 4.79 Å². The first-order valence-electron chi connectivity index (χ1n) is 6.87. The van der Waals surface area contributed by atoms with Gasteiger partial charge >= 0.3 is 0 Å². The number of hydrogen-bond donors (Lipinski definition) is 2. The summed E-state index contributed by atoms with van der Waals surface area (Å²) < 4.78 is 15.6. The van der Waals surface area contributed by atoms with Crippen LogP contribution in [-0.4, -0.2) is 21.5 Å². The van der Waals surface area contributed by atoms with E-state index in [1.165, 1.54) is 12.4 Å². The monoisotopic (exact) mass is 290 g/mol. The van der Waals surface area contributed by atoms with Gasteiger partial charge in [0.25, 0.3) is 0 Å². The number of amides is 1. The largest absolute Gasteiger partial charge is 0.325 e. The lowest BCUT2D eigenvalue weighted by Crippen LogP contribution is -2.40. The highest BCUT2D eigenvalue weighted by atomic mass is 19.1. The van der Waals surface area contributed by atoms with Crippen molar-refractivity contribution in [2.75, 3.05) is 5.32 Å². The van der Waals surface area contributed by atoms with Crippen molar-refractivity contribution in [1.29, 1.82) is 0 Å². The predicted octanol–water partition coefficient (Wildman–Crippen LogP) is 2.32. The minimum absolute atomic E-state index is 0.0695. The van der Waals surface area contributed by atoms with Gasteiger partial charge in [0, 0.05) is 18.1 Å². The van der Waals surface area contributed by atoms with E-state index in [1.807, 2.05) is 13.8 Å². The molecule has 112 valence electrons. The molecule has 1 aromatic carbocycles. The van der Waals surface area contributed by atoms with E-state index in [1.54, 1.807) is 29.1 Å². The molecular weight excluding hydrogens is 271 g/mol. The molecule has 1 amide bonds. The molecule has 1 aromatic heterocycles. The summed E-state index contributed by atoms with van der Waals surface area (Å²) >= 11 is 0. The van der Waals surface area contributed by atoms with Crippen LogP contribution in [-0.2, 0) is 4.79 Å². The number of nitrogens with two attached hydrogens (primary N) is 1. The van der Waals surface area contributed by atoms with Crippen molar-refractivity contribution in [3.8, 4) is 5.69 Å². The van der Waals surface area contributed by atoms with E-state index in [-0.39, 0.29) is 11.8 Å². The lowest BCUT2D eigenvalue weighted by atomic mass is 9.99. The van der Waals surface area contributed by atoms with Gasteiger partial charge in [-0.2, -0.15) is 0 Å². The summed E-state index contributed by atoms with van der Waals surface area (Å²) in [6, 6.07) is 3.89. The third-order valence-corrected chi connectivity index (χ3v) is 3.56. The van der Waals surface area contributed by atoms with Gasteiger partial charge in [0.2, 0.25) is 5.91 Å². The third kappa shape index (κ3) is 3.46. The lowest BCUT2D eigenvalue weighted by molar-refractivity contribution is -0.118. The highest BCUT2D eigenvalue weighted by molar-refractivity contribution is 5.94. The van der Waals surface area contributed by atoms with E-state index >= 15 is 0 Å². The molecule has 3 N–H and O–H groups in total. The fourth-order valence-electron chi connectivity index (χ4n) is 1.93. The summed E-state index contributed by atoms with van der Waals surface area (Å²) in [4.78, 5) is 15.8. The molecule has 0 aliphatic heterocycles. The predicted molar refractivity (Wildman–Crippen MR) is 79.6 cm³/mol. The molecule has 21 heavy (non-hydrogen) atoms. The van der Waals surface area contributed by atoms with Crippen molar-refractivity contribution < 1.29 is 9.18 Å². The van der Waals surface area contributed by atoms with Crippen LogP contribution in [0, 0.1) is 11.7 Å². The van der Waals surface area contributed by atoms with Gasteiger partial charge in [0.15, 0.2) is 0 Å². The first kappa shape index (κ1) is 15.2. The molecule has 0 spiro atoms. The molecule has 0 bridgehead atoms. The van der Waals surface area contributed by atoms with Crippen molar-refractivity contribution in [2.45, 2.75) is 26.3 Å². The summed E-state index contributed by atoms with van der Waals surface area (Å²) in [6.45, 7) is 3.88. The average molecular weight is 290 g/mol. The van der Waals surface area contributed by atoms with E-state index in [0.717, 1.165) is 6.42 Å². The smallest absolute Gasteiger partial charge is 0.241 e. The summed E-state index contributed by atoms with van der Waals surface area (Å²) in [5, 5.41) is 2.64. The molecular formula is C15H19FN4O. The minimum atomic E-state index is -0.605. The molecule has 0 radical (unpaired) electrons. The Bertz CT molecular complexity index is 612. The first-order chi connectivity index (χ1) is 10.0. The normalized spacial score (nSPS) is 13.7. The Morgan fingerprint density at radius 2 is 2.29 bits per heavy atom. The number of rotatable bonds is 5. The van der Waals surface area contributed by atoms with Gasteiger partial charge < -0.3 is 15.6 Å². The van der Waals surface area contributed by atoms with Crippen molar-refractivity contribution >= 4 is 11.6 Å². The maximum atomic E-state index is 14.1. The van der Waals surface area contributed by atoms with Crippen molar-refractivity contribution in [1.82, 2.24) is 9.55 Å². The number of imidazole rings is 1. The number of hydrogen-bond acceptors (Lipinski definition) is 3. The topological polar surface area (TPSA) is 72.9 Å². The molecule has 6 heteroatoms. The van der Waals surface area contributed by atoms with E-state index in [4.69, 9.17) is 5.73 Å². The Morgan fingerprint density at radius 3 is 2.86 bits per heavy atom. The standard InChI is InChI=1S/C15H19FN4O/c1-3-10(2)14(17)15(21)19-11-4-5-13(12(16)8-11)20-7-6-18-9-20/h4-10,14H,3,17H2,1-2H3,(H,19,21). The van der Waals surface area contributed by atoms with Crippen molar-refractivity contribution in [3.05, 3.63) is 42.7 Å². The van der Waals surface area contributed by atoms with E-state index < -0.39 is 11.9 Å². The maximum absolute atomic E-state index is 14.1. The molecule has 2 aromatic rings.